The highest BCUT2D eigenvalue weighted by molar-refractivity contribution is 5.99. The molecule has 2 aromatic rings. The van der Waals surface area contributed by atoms with Crippen LogP contribution in [0.2, 0.25) is 0 Å². The van der Waals surface area contributed by atoms with Crippen molar-refractivity contribution in [2.75, 3.05) is 23.7 Å². The molecule has 1 fully saturated rings. The van der Waals surface area contributed by atoms with Gasteiger partial charge in [-0.1, -0.05) is 12.1 Å². The zero-order valence-corrected chi connectivity index (χ0v) is 14.4. The molecule has 1 aliphatic heterocycles. The largest absolute Gasteiger partial charge is 0.343 e. The zero-order chi connectivity index (χ0) is 17.6. The lowest BCUT2D eigenvalue weighted by atomic mass is 10.1. The Morgan fingerprint density at radius 1 is 1.08 bits per heavy atom. The summed E-state index contributed by atoms with van der Waals surface area (Å²) in [4.78, 5) is 25.9. The maximum atomic E-state index is 12.1. The first-order chi connectivity index (χ1) is 12.1. The van der Waals surface area contributed by atoms with E-state index in [0.29, 0.717) is 17.9 Å². The van der Waals surface area contributed by atoms with Crippen LogP contribution in [0.4, 0.5) is 16.3 Å². The Kier molecular flexibility index (Phi) is 5.33. The van der Waals surface area contributed by atoms with E-state index in [4.69, 9.17) is 0 Å². The van der Waals surface area contributed by atoms with Gasteiger partial charge in [0.15, 0.2) is 5.82 Å². The first-order valence-corrected chi connectivity index (χ1v) is 8.54. The van der Waals surface area contributed by atoms with Crippen LogP contribution in [0, 0.1) is 0 Å². The first kappa shape index (κ1) is 17.0. The number of nitrogens with zero attached hydrogens (tertiary/aromatic N) is 3. The molecule has 0 aliphatic carbocycles. The van der Waals surface area contributed by atoms with Gasteiger partial charge in [-0.15, -0.1) is 0 Å². The van der Waals surface area contributed by atoms with Crippen molar-refractivity contribution in [3.8, 4) is 0 Å². The van der Waals surface area contributed by atoms with E-state index >= 15 is 0 Å². The zero-order valence-electron chi connectivity index (χ0n) is 14.4. The fourth-order valence-corrected chi connectivity index (χ4v) is 2.89. The monoisotopic (exact) mass is 341 g/mol. The molecule has 2 heterocycles. The van der Waals surface area contributed by atoms with Crippen LogP contribution >= 0.6 is 0 Å². The summed E-state index contributed by atoms with van der Waals surface area (Å²) in [6.07, 6.45) is 5.25. The molecule has 1 saturated heterocycles. The van der Waals surface area contributed by atoms with Crippen molar-refractivity contribution in [3.05, 3.63) is 42.1 Å². The Morgan fingerprint density at radius 2 is 1.80 bits per heavy atom. The SMILES string of the molecule is Cn1ccc(NC(=O)Nc2ccc(CCC(=O)N3CCCC3)cc2)n1. The summed E-state index contributed by atoms with van der Waals surface area (Å²) in [5.41, 5.74) is 1.78. The van der Waals surface area contributed by atoms with E-state index < -0.39 is 0 Å². The average Bonchev–Trinajstić information content (AvgIpc) is 3.26. The highest BCUT2D eigenvalue weighted by Crippen LogP contribution is 2.14. The van der Waals surface area contributed by atoms with Gasteiger partial charge < -0.3 is 10.2 Å². The predicted octanol–water partition coefficient (Wildman–Crippen LogP) is 2.62. The lowest BCUT2D eigenvalue weighted by Gasteiger charge is -2.15. The predicted molar refractivity (Wildman–Crippen MR) is 96.4 cm³/mol. The van der Waals surface area contributed by atoms with E-state index in [-0.39, 0.29) is 11.9 Å². The van der Waals surface area contributed by atoms with Crippen molar-refractivity contribution >= 4 is 23.4 Å². The topological polar surface area (TPSA) is 79.3 Å². The normalized spacial score (nSPS) is 13.7. The molecule has 0 spiro atoms. The summed E-state index contributed by atoms with van der Waals surface area (Å²) < 4.78 is 1.62. The number of carbonyl (C=O) groups excluding carboxylic acids is 2. The summed E-state index contributed by atoms with van der Waals surface area (Å²) in [7, 11) is 1.79. The van der Waals surface area contributed by atoms with E-state index in [1.807, 2.05) is 29.2 Å². The second kappa shape index (κ2) is 7.83. The molecular weight excluding hydrogens is 318 g/mol. The van der Waals surface area contributed by atoms with E-state index in [1.54, 1.807) is 24.0 Å². The molecular formula is C18H23N5O2. The van der Waals surface area contributed by atoms with E-state index in [9.17, 15) is 9.59 Å². The van der Waals surface area contributed by atoms with Gasteiger partial charge >= 0.3 is 6.03 Å². The molecule has 7 nitrogen and oxygen atoms in total. The molecule has 25 heavy (non-hydrogen) atoms. The molecule has 0 saturated carbocycles. The Bertz CT molecular complexity index is 732. The van der Waals surface area contributed by atoms with Gasteiger partial charge in [-0.05, 0) is 37.0 Å². The fraction of sp³-hybridized carbons (Fsp3) is 0.389. The Morgan fingerprint density at radius 3 is 2.44 bits per heavy atom. The first-order valence-electron chi connectivity index (χ1n) is 8.54. The van der Waals surface area contributed by atoms with Crippen LogP contribution in [0.3, 0.4) is 0 Å². The van der Waals surface area contributed by atoms with Gasteiger partial charge in [-0.25, -0.2) is 4.79 Å². The van der Waals surface area contributed by atoms with Crippen LogP contribution in [0.5, 0.6) is 0 Å². The molecule has 3 amide bonds. The number of likely N-dealkylation sites (tertiary alicyclic amines) is 1. The molecule has 1 aromatic carbocycles. The van der Waals surface area contributed by atoms with Crippen LogP contribution in [-0.2, 0) is 18.3 Å². The number of hydrogen-bond acceptors (Lipinski definition) is 3. The van der Waals surface area contributed by atoms with E-state index in [1.165, 1.54) is 0 Å². The number of nitrogens with one attached hydrogen (secondary N) is 2. The number of carbonyl (C=O) groups is 2. The molecule has 0 unspecified atom stereocenters. The molecule has 2 N–H and O–H groups in total. The number of aromatic nitrogens is 2. The standard InChI is InChI=1S/C18H23N5O2/c1-22-13-10-16(21-22)20-18(25)19-15-7-4-14(5-8-15)6-9-17(24)23-11-2-3-12-23/h4-5,7-8,10,13H,2-3,6,9,11-12H2,1H3,(H2,19,20,21,25). The molecule has 1 aromatic heterocycles. The van der Waals surface area contributed by atoms with Gasteiger partial charge in [-0.3, -0.25) is 14.8 Å². The number of rotatable bonds is 5. The van der Waals surface area contributed by atoms with Crippen LogP contribution in [0.25, 0.3) is 0 Å². The minimum Gasteiger partial charge on any atom is -0.343 e. The molecule has 1 aliphatic rings. The third kappa shape index (κ3) is 4.82. The summed E-state index contributed by atoms with van der Waals surface area (Å²) in [6, 6.07) is 8.94. The lowest BCUT2D eigenvalue weighted by Crippen LogP contribution is -2.27. The smallest absolute Gasteiger partial charge is 0.324 e. The number of amides is 3. The van der Waals surface area contributed by atoms with Crippen LogP contribution in [-0.4, -0.2) is 39.7 Å². The van der Waals surface area contributed by atoms with Gasteiger partial charge in [0.25, 0.3) is 0 Å². The van der Waals surface area contributed by atoms with Crippen molar-refractivity contribution < 1.29 is 9.59 Å². The van der Waals surface area contributed by atoms with E-state index in [2.05, 4.69) is 15.7 Å². The van der Waals surface area contributed by atoms with Gasteiger partial charge in [-0.2, -0.15) is 5.10 Å². The summed E-state index contributed by atoms with van der Waals surface area (Å²) in [5, 5.41) is 9.52. The number of aryl methyl sites for hydroxylation is 2. The van der Waals surface area contributed by atoms with Crippen LogP contribution < -0.4 is 10.6 Å². The number of benzene rings is 1. The van der Waals surface area contributed by atoms with Gasteiger partial charge in [0.05, 0.1) is 0 Å². The molecule has 3 rings (SSSR count). The highest BCUT2D eigenvalue weighted by Gasteiger charge is 2.17. The maximum Gasteiger partial charge on any atom is 0.324 e. The van der Waals surface area contributed by atoms with Crippen molar-refractivity contribution in [2.45, 2.75) is 25.7 Å². The quantitative estimate of drug-likeness (QED) is 0.877. The van der Waals surface area contributed by atoms with Crippen molar-refractivity contribution in [1.82, 2.24) is 14.7 Å². The van der Waals surface area contributed by atoms with Gasteiger partial charge in [0.2, 0.25) is 5.91 Å². The van der Waals surface area contributed by atoms with Gasteiger partial charge in [0, 0.05) is 44.5 Å². The van der Waals surface area contributed by atoms with Crippen LogP contribution in [0.1, 0.15) is 24.8 Å². The molecule has 0 bridgehead atoms. The summed E-state index contributed by atoms with van der Waals surface area (Å²) in [6.45, 7) is 1.79. The minimum absolute atomic E-state index is 0.231. The molecule has 0 radical (unpaired) electrons. The molecule has 0 atom stereocenters. The van der Waals surface area contributed by atoms with Crippen molar-refractivity contribution in [3.63, 3.8) is 0 Å². The van der Waals surface area contributed by atoms with E-state index in [0.717, 1.165) is 37.9 Å². The summed E-state index contributed by atoms with van der Waals surface area (Å²) in [5.74, 6) is 0.728. The second-order valence-corrected chi connectivity index (χ2v) is 6.24. The molecule has 132 valence electrons. The average molecular weight is 341 g/mol. The summed E-state index contributed by atoms with van der Waals surface area (Å²) >= 11 is 0. The third-order valence-electron chi connectivity index (χ3n) is 4.25. The second-order valence-electron chi connectivity index (χ2n) is 6.24. The fourth-order valence-electron chi connectivity index (χ4n) is 2.89. The molecule has 7 heteroatoms. The third-order valence-corrected chi connectivity index (χ3v) is 4.25. The Hall–Kier alpha value is -2.83. The lowest BCUT2D eigenvalue weighted by molar-refractivity contribution is -0.130. The maximum absolute atomic E-state index is 12.1. The van der Waals surface area contributed by atoms with Gasteiger partial charge in [0.1, 0.15) is 0 Å². The van der Waals surface area contributed by atoms with Crippen molar-refractivity contribution in [2.24, 2.45) is 7.05 Å². The minimum atomic E-state index is -0.337. The Labute approximate surface area is 147 Å². The number of urea groups is 1. The van der Waals surface area contributed by atoms with Crippen molar-refractivity contribution in [1.29, 1.82) is 0 Å². The number of anilines is 2. The van der Waals surface area contributed by atoms with Crippen LogP contribution in [0.15, 0.2) is 36.5 Å². The number of hydrogen-bond donors (Lipinski definition) is 2. The highest BCUT2D eigenvalue weighted by atomic mass is 16.2. The Balaban J connectivity index is 1.46.